The number of fused-ring (bicyclic) bond motifs is 3. The lowest BCUT2D eigenvalue weighted by molar-refractivity contribution is 0.670. The van der Waals surface area contributed by atoms with E-state index in [1.807, 2.05) is 42.8 Å². The number of aliphatic imine (C=N–C) groups is 1. The lowest BCUT2D eigenvalue weighted by Gasteiger charge is -2.06. The minimum absolute atomic E-state index is 0.547. The zero-order valence-electron chi connectivity index (χ0n) is 15.3. The molecule has 3 aromatic heterocycles. The van der Waals surface area contributed by atoms with Crippen LogP contribution in [0.15, 0.2) is 35.6 Å². The van der Waals surface area contributed by atoms with Gasteiger partial charge in [0.25, 0.3) is 0 Å². The van der Waals surface area contributed by atoms with Gasteiger partial charge in [-0.25, -0.2) is 0 Å². The van der Waals surface area contributed by atoms with E-state index in [-0.39, 0.29) is 0 Å². The summed E-state index contributed by atoms with van der Waals surface area (Å²) in [7, 11) is 0. The molecule has 0 fully saturated rings. The molecule has 0 atom stereocenters. The second-order valence-electron chi connectivity index (χ2n) is 6.64. The summed E-state index contributed by atoms with van der Waals surface area (Å²) in [5.74, 6) is 1.83. The molecule has 0 radical (unpaired) electrons. The van der Waals surface area contributed by atoms with Crippen LogP contribution in [0.1, 0.15) is 60.3 Å². The highest BCUT2D eigenvalue weighted by Crippen LogP contribution is 2.33. The SMILES string of the molecule is CCCCCCc1cc2c(s1)-n1c(C)nnc1CN=C2c1ccncc1. The Morgan fingerprint density at radius 3 is 2.77 bits per heavy atom. The Bertz CT molecular complexity index is 923. The zero-order chi connectivity index (χ0) is 17.9. The van der Waals surface area contributed by atoms with Crippen molar-refractivity contribution in [2.45, 2.75) is 52.5 Å². The van der Waals surface area contributed by atoms with Crippen LogP contribution in [-0.4, -0.2) is 25.5 Å². The maximum absolute atomic E-state index is 4.88. The molecular formula is C20H23N5S. The van der Waals surface area contributed by atoms with Crippen LogP contribution in [0.3, 0.4) is 0 Å². The Hall–Kier alpha value is -2.34. The fraction of sp³-hybridized carbons (Fsp3) is 0.400. The van der Waals surface area contributed by atoms with Gasteiger partial charge >= 0.3 is 0 Å². The van der Waals surface area contributed by atoms with Crippen molar-refractivity contribution in [1.82, 2.24) is 19.7 Å². The van der Waals surface area contributed by atoms with Crippen molar-refractivity contribution in [2.24, 2.45) is 4.99 Å². The summed E-state index contributed by atoms with van der Waals surface area (Å²) in [6.07, 6.45) is 9.88. The van der Waals surface area contributed by atoms with E-state index in [1.54, 1.807) is 0 Å². The zero-order valence-corrected chi connectivity index (χ0v) is 16.1. The van der Waals surface area contributed by atoms with Crippen molar-refractivity contribution in [2.75, 3.05) is 0 Å². The standard InChI is InChI=1S/C20H23N5S/c1-3-4-5-6-7-16-12-17-19(15-8-10-21-11-9-15)22-13-18-24-23-14(2)25(18)20(17)26-16/h8-12H,3-7,13H2,1-2H3. The molecule has 134 valence electrons. The van der Waals surface area contributed by atoms with E-state index in [4.69, 9.17) is 4.99 Å². The van der Waals surface area contributed by atoms with Crippen LogP contribution in [0.5, 0.6) is 0 Å². The van der Waals surface area contributed by atoms with Gasteiger partial charge in [0.1, 0.15) is 17.4 Å². The topological polar surface area (TPSA) is 56.0 Å². The molecule has 1 aliphatic rings. The number of aryl methyl sites for hydroxylation is 2. The number of aromatic nitrogens is 4. The van der Waals surface area contributed by atoms with Crippen LogP contribution >= 0.6 is 11.3 Å². The van der Waals surface area contributed by atoms with Crippen LogP contribution in [0, 0.1) is 6.92 Å². The smallest absolute Gasteiger partial charge is 0.160 e. The van der Waals surface area contributed by atoms with Gasteiger partial charge in [-0.3, -0.25) is 14.5 Å². The first-order valence-electron chi connectivity index (χ1n) is 9.27. The van der Waals surface area contributed by atoms with E-state index in [2.05, 4.69) is 32.7 Å². The van der Waals surface area contributed by atoms with Crippen molar-refractivity contribution in [3.05, 3.63) is 58.2 Å². The number of hydrogen-bond donors (Lipinski definition) is 0. The summed E-state index contributed by atoms with van der Waals surface area (Å²) in [6, 6.07) is 6.38. The summed E-state index contributed by atoms with van der Waals surface area (Å²) in [5, 5.41) is 9.81. The van der Waals surface area contributed by atoms with E-state index in [0.29, 0.717) is 6.54 Å². The maximum Gasteiger partial charge on any atom is 0.160 e. The Balaban J connectivity index is 1.75. The van der Waals surface area contributed by atoms with Gasteiger partial charge in [0.05, 0.1) is 5.71 Å². The molecule has 0 saturated heterocycles. The summed E-state index contributed by atoms with van der Waals surface area (Å²) in [4.78, 5) is 10.4. The minimum atomic E-state index is 0.547. The van der Waals surface area contributed by atoms with Crippen molar-refractivity contribution in [3.8, 4) is 5.00 Å². The minimum Gasteiger partial charge on any atom is -0.276 e. The van der Waals surface area contributed by atoms with Gasteiger partial charge in [-0.05, 0) is 38.0 Å². The average molecular weight is 366 g/mol. The number of unbranched alkanes of at least 4 members (excludes halogenated alkanes) is 3. The van der Waals surface area contributed by atoms with Crippen molar-refractivity contribution >= 4 is 17.0 Å². The first-order valence-corrected chi connectivity index (χ1v) is 10.1. The Morgan fingerprint density at radius 2 is 1.96 bits per heavy atom. The summed E-state index contributed by atoms with van der Waals surface area (Å²) >= 11 is 1.85. The molecule has 26 heavy (non-hydrogen) atoms. The molecule has 0 bridgehead atoms. The predicted molar refractivity (Wildman–Crippen MR) is 105 cm³/mol. The molecular weight excluding hydrogens is 342 g/mol. The number of hydrogen-bond acceptors (Lipinski definition) is 5. The lowest BCUT2D eigenvalue weighted by atomic mass is 10.0. The molecule has 6 heteroatoms. The van der Waals surface area contributed by atoms with Crippen LogP contribution in [0.2, 0.25) is 0 Å². The Morgan fingerprint density at radius 1 is 1.12 bits per heavy atom. The highest BCUT2D eigenvalue weighted by Gasteiger charge is 2.24. The van der Waals surface area contributed by atoms with Gasteiger partial charge in [0.15, 0.2) is 5.82 Å². The number of nitrogens with zero attached hydrogens (tertiary/aromatic N) is 5. The average Bonchev–Trinajstić information content (AvgIpc) is 3.19. The van der Waals surface area contributed by atoms with E-state index < -0.39 is 0 Å². The van der Waals surface area contributed by atoms with Gasteiger partial charge in [0, 0.05) is 28.4 Å². The van der Waals surface area contributed by atoms with E-state index in [1.165, 1.54) is 41.1 Å². The molecule has 5 nitrogen and oxygen atoms in total. The van der Waals surface area contributed by atoms with E-state index >= 15 is 0 Å². The van der Waals surface area contributed by atoms with Crippen LogP contribution in [0.4, 0.5) is 0 Å². The molecule has 1 aliphatic heterocycles. The lowest BCUT2D eigenvalue weighted by Crippen LogP contribution is -2.05. The van der Waals surface area contributed by atoms with Gasteiger partial charge in [0.2, 0.25) is 0 Å². The van der Waals surface area contributed by atoms with Crippen molar-refractivity contribution in [3.63, 3.8) is 0 Å². The van der Waals surface area contributed by atoms with Crippen molar-refractivity contribution in [1.29, 1.82) is 0 Å². The van der Waals surface area contributed by atoms with Crippen molar-refractivity contribution < 1.29 is 0 Å². The molecule has 0 spiro atoms. The highest BCUT2D eigenvalue weighted by molar-refractivity contribution is 7.15. The normalized spacial score (nSPS) is 13.1. The largest absolute Gasteiger partial charge is 0.276 e. The quantitative estimate of drug-likeness (QED) is 0.604. The third-order valence-corrected chi connectivity index (χ3v) is 5.90. The maximum atomic E-state index is 4.88. The summed E-state index contributed by atoms with van der Waals surface area (Å²) in [6.45, 7) is 4.81. The van der Waals surface area contributed by atoms with Gasteiger partial charge in [-0.2, -0.15) is 0 Å². The van der Waals surface area contributed by atoms with E-state index in [0.717, 1.165) is 29.3 Å². The molecule has 0 unspecified atom stereocenters. The molecule has 0 aromatic carbocycles. The molecule has 0 N–H and O–H groups in total. The third-order valence-electron chi connectivity index (χ3n) is 4.72. The summed E-state index contributed by atoms with van der Waals surface area (Å²) in [5.41, 5.74) is 3.32. The predicted octanol–water partition coefficient (Wildman–Crippen LogP) is 4.51. The van der Waals surface area contributed by atoms with Crippen LogP contribution in [0.25, 0.3) is 5.00 Å². The van der Waals surface area contributed by atoms with Crippen LogP contribution < -0.4 is 0 Å². The summed E-state index contributed by atoms with van der Waals surface area (Å²) < 4.78 is 2.17. The fourth-order valence-electron chi connectivity index (χ4n) is 3.38. The van der Waals surface area contributed by atoms with Crippen LogP contribution in [-0.2, 0) is 13.0 Å². The Kier molecular flexibility index (Phi) is 4.93. The first-order chi connectivity index (χ1) is 12.8. The molecule has 0 aliphatic carbocycles. The first kappa shape index (κ1) is 17.1. The number of rotatable bonds is 6. The molecule has 4 heterocycles. The third kappa shape index (κ3) is 3.21. The molecule has 3 aromatic rings. The second kappa shape index (κ2) is 7.50. The number of pyridine rings is 1. The van der Waals surface area contributed by atoms with E-state index in [9.17, 15) is 0 Å². The molecule has 0 saturated carbocycles. The van der Waals surface area contributed by atoms with Gasteiger partial charge in [-0.15, -0.1) is 21.5 Å². The molecule has 0 amide bonds. The Labute approximate surface area is 157 Å². The number of thiophene rings is 1. The second-order valence-corrected chi connectivity index (χ2v) is 7.76. The molecule has 4 rings (SSSR count). The fourth-order valence-corrected chi connectivity index (χ4v) is 4.65. The van der Waals surface area contributed by atoms with Gasteiger partial charge in [-0.1, -0.05) is 26.2 Å². The van der Waals surface area contributed by atoms with Gasteiger partial charge < -0.3 is 0 Å². The highest BCUT2D eigenvalue weighted by atomic mass is 32.1. The monoisotopic (exact) mass is 365 g/mol.